The van der Waals surface area contributed by atoms with E-state index in [1.54, 1.807) is 0 Å². The van der Waals surface area contributed by atoms with E-state index in [9.17, 15) is 8.42 Å². The SMILES string of the molecule is O=S1(=O)CC[C@H](NC(c2ccccc2)c2ccccc2)C1. The summed E-state index contributed by atoms with van der Waals surface area (Å²) >= 11 is 0. The zero-order valence-corrected chi connectivity index (χ0v) is 12.6. The fourth-order valence-electron chi connectivity index (χ4n) is 2.84. The van der Waals surface area contributed by atoms with Crippen LogP contribution in [0.4, 0.5) is 0 Å². The smallest absolute Gasteiger partial charge is 0.151 e. The molecular weight excluding hydrogens is 282 g/mol. The Labute approximate surface area is 125 Å². The highest BCUT2D eigenvalue weighted by molar-refractivity contribution is 7.91. The third-order valence-electron chi connectivity index (χ3n) is 3.90. The molecular formula is C17H19NO2S. The van der Waals surface area contributed by atoms with Gasteiger partial charge in [0.2, 0.25) is 0 Å². The Morgan fingerprint density at radius 2 is 1.43 bits per heavy atom. The molecule has 3 rings (SSSR count). The minimum atomic E-state index is -2.87. The first-order valence-corrected chi connectivity index (χ1v) is 9.02. The highest BCUT2D eigenvalue weighted by atomic mass is 32.2. The zero-order chi connectivity index (χ0) is 14.7. The third-order valence-corrected chi connectivity index (χ3v) is 5.67. The normalized spacial score (nSPS) is 20.7. The lowest BCUT2D eigenvalue weighted by Gasteiger charge is -2.23. The summed E-state index contributed by atoms with van der Waals surface area (Å²) in [7, 11) is -2.87. The predicted molar refractivity (Wildman–Crippen MR) is 84.9 cm³/mol. The van der Waals surface area contributed by atoms with Gasteiger partial charge in [-0.05, 0) is 17.5 Å². The monoisotopic (exact) mass is 301 g/mol. The van der Waals surface area contributed by atoms with Crippen LogP contribution in [-0.2, 0) is 9.84 Å². The number of sulfone groups is 1. The van der Waals surface area contributed by atoms with Gasteiger partial charge in [0.1, 0.15) is 0 Å². The summed E-state index contributed by atoms with van der Waals surface area (Å²) in [6, 6.07) is 20.4. The van der Waals surface area contributed by atoms with Gasteiger partial charge in [-0.25, -0.2) is 8.42 Å². The average molecular weight is 301 g/mol. The molecule has 4 heteroatoms. The largest absolute Gasteiger partial charge is 0.302 e. The van der Waals surface area contributed by atoms with Crippen molar-refractivity contribution in [3.05, 3.63) is 71.8 Å². The van der Waals surface area contributed by atoms with Gasteiger partial charge in [0.15, 0.2) is 9.84 Å². The van der Waals surface area contributed by atoms with Crippen LogP contribution in [0.5, 0.6) is 0 Å². The van der Waals surface area contributed by atoms with Gasteiger partial charge in [0.25, 0.3) is 0 Å². The van der Waals surface area contributed by atoms with E-state index in [4.69, 9.17) is 0 Å². The Kier molecular flexibility index (Phi) is 4.08. The molecule has 2 aromatic rings. The third kappa shape index (κ3) is 3.52. The van der Waals surface area contributed by atoms with Crippen LogP contribution in [0.1, 0.15) is 23.6 Å². The molecule has 1 N–H and O–H groups in total. The molecule has 1 saturated heterocycles. The van der Waals surface area contributed by atoms with E-state index in [1.807, 2.05) is 36.4 Å². The number of nitrogens with one attached hydrogen (secondary N) is 1. The molecule has 3 nitrogen and oxygen atoms in total. The summed E-state index contributed by atoms with van der Waals surface area (Å²) < 4.78 is 23.3. The lowest BCUT2D eigenvalue weighted by atomic mass is 9.97. The minimum absolute atomic E-state index is 0.0282. The van der Waals surface area contributed by atoms with Crippen molar-refractivity contribution >= 4 is 9.84 Å². The molecule has 0 radical (unpaired) electrons. The first kappa shape index (κ1) is 14.3. The summed E-state index contributed by atoms with van der Waals surface area (Å²) in [4.78, 5) is 0. The molecule has 0 bridgehead atoms. The first-order valence-electron chi connectivity index (χ1n) is 7.20. The highest BCUT2D eigenvalue weighted by Crippen LogP contribution is 2.24. The van der Waals surface area contributed by atoms with Crippen LogP contribution in [0.3, 0.4) is 0 Å². The summed E-state index contributed by atoms with van der Waals surface area (Å²) in [5.74, 6) is 0.532. The van der Waals surface area contributed by atoms with Crippen LogP contribution < -0.4 is 5.32 Å². The lowest BCUT2D eigenvalue weighted by molar-refractivity contribution is 0.504. The van der Waals surface area contributed by atoms with Gasteiger partial charge in [0, 0.05) is 6.04 Å². The lowest BCUT2D eigenvalue weighted by Crippen LogP contribution is -2.34. The van der Waals surface area contributed by atoms with E-state index in [-0.39, 0.29) is 17.8 Å². The summed E-state index contributed by atoms with van der Waals surface area (Å²) in [5, 5.41) is 3.52. The maximum absolute atomic E-state index is 11.7. The summed E-state index contributed by atoms with van der Waals surface area (Å²) in [6.07, 6.45) is 0.693. The van der Waals surface area contributed by atoms with Gasteiger partial charge in [-0.3, -0.25) is 0 Å². The molecule has 0 aromatic heterocycles. The number of benzene rings is 2. The molecule has 1 aliphatic heterocycles. The Morgan fingerprint density at radius 1 is 0.905 bits per heavy atom. The van der Waals surface area contributed by atoms with Crippen molar-refractivity contribution in [2.45, 2.75) is 18.5 Å². The van der Waals surface area contributed by atoms with Crippen LogP contribution >= 0.6 is 0 Å². The summed E-state index contributed by atoms with van der Waals surface area (Å²) in [5.41, 5.74) is 2.32. The van der Waals surface area contributed by atoms with Crippen LogP contribution in [0, 0.1) is 0 Å². The number of rotatable bonds is 4. The standard InChI is InChI=1S/C17H19NO2S/c19-21(20)12-11-16(13-21)18-17(14-7-3-1-4-8-14)15-9-5-2-6-10-15/h1-10,16-18H,11-13H2/t16-/m0/s1. The van der Waals surface area contributed by atoms with E-state index in [1.165, 1.54) is 0 Å². The Morgan fingerprint density at radius 3 is 1.86 bits per heavy atom. The molecule has 0 amide bonds. The van der Waals surface area contributed by atoms with Crippen LogP contribution in [0.15, 0.2) is 60.7 Å². The van der Waals surface area contributed by atoms with Gasteiger partial charge in [-0.15, -0.1) is 0 Å². The number of hydrogen-bond donors (Lipinski definition) is 1. The van der Waals surface area contributed by atoms with E-state index in [2.05, 4.69) is 29.6 Å². The molecule has 110 valence electrons. The number of hydrogen-bond acceptors (Lipinski definition) is 3. The molecule has 0 spiro atoms. The van der Waals surface area contributed by atoms with Gasteiger partial charge in [0.05, 0.1) is 17.5 Å². The van der Waals surface area contributed by atoms with E-state index in [0.29, 0.717) is 12.2 Å². The Bertz CT molecular complexity index is 644. The van der Waals surface area contributed by atoms with Gasteiger partial charge in [-0.2, -0.15) is 0 Å². The molecule has 1 aliphatic rings. The maximum atomic E-state index is 11.7. The van der Waals surface area contributed by atoms with Gasteiger partial charge in [-0.1, -0.05) is 60.7 Å². The second kappa shape index (κ2) is 6.00. The minimum Gasteiger partial charge on any atom is -0.302 e. The zero-order valence-electron chi connectivity index (χ0n) is 11.8. The first-order chi connectivity index (χ1) is 10.1. The van der Waals surface area contributed by atoms with E-state index >= 15 is 0 Å². The van der Waals surface area contributed by atoms with Crippen molar-refractivity contribution in [2.75, 3.05) is 11.5 Å². The molecule has 0 saturated carbocycles. The Balaban J connectivity index is 1.87. The molecule has 1 heterocycles. The highest BCUT2D eigenvalue weighted by Gasteiger charge is 2.30. The molecule has 21 heavy (non-hydrogen) atoms. The van der Waals surface area contributed by atoms with E-state index in [0.717, 1.165) is 11.1 Å². The topological polar surface area (TPSA) is 46.2 Å². The van der Waals surface area contributed by atoms with Gasteiger partial charge < -0.3 is 5.32 Å². The van der Waals surface area contributed by atoms with Crippen molar-refractivity contribution in [2.24, 2.45) is 0 Å². The second-order valence-electron chi connectivity index (χ2n) is 5.52. The molecule has 2 aromatic carbocycles. The van der Waals surface area contributed by atoms with Crippen molar-refractivity contribution in [3.63, 3.8) is 0 Å². The van der Waals surface area contributed by atoms with Crippen molar-refractivity contribution < 1.29 is 8.42 Å². The van der Waals surface area contributed by atoms with Crippen molar-refractivity contribution in [1.82, 2.24) is 5.32 Å². The Hall–Kier alpha value is -1.65. The maximum Gasteiger partial charge on any atom is 0.151 e. The quantitative estimate of drug-likeness (QED) is 0.944. The van der Waals surface area contributed by atoms with Crippen LogP contribution in [0.2, 0.25) is 0 Å². The average Bonchev–Trinajstić information content (AvgIpc) is 2.86. The van der Waals surface area contributed by atoms with Crippen molar-refractivity contribution in [3.8, 4) is 0 Å². The second-order valence-corrected chi connectivity index (χ2v) is 7.75. The van der Waals surface area contributed by atoms with Crippen LogP contribution in [-0.4, -0.2) is 26.0 Å². The molecule has 1 fully saturated rings. The summed E-state index contributed by atoms with van der Waals surface area (Å²) in [6.45, 7) is 0. The fourth-order valence-corrected chi connectivity index (χ4v) is 4.52. The van der Waals surface area contributed by atoms with Gasteiger partial charge >= 0.3 is 0 Å². The van der Waals surface area contributed by atoms with Crippen LogP contribution in [0.25, 0.3) is 0 Å². The fraction of sp³-hybridized carbons (Fsp3) is 0.294. The predicted octanol–water partition coefficient (Wildman–Crippen LogP) is 2.55. The molecule has 1 atom stereocenters. The van der Waals surface area contributed by atoms with Crippen molar-refractivity contribution in [1.29, 1.82) is 0 Å². The molecule has 0 unspecified atom stereocenters. The van der Waals surface area contributed by atoms with E-state index < -0.39 is 9.84 Å². The molecule has 0 aliphatic carbocycles.